The second-order valence-corrected chi connectivity index (χ2v) is 6.62. The number of ether oxygens (including phenoxy) is 1. The van der Waals surface area contributed by atoms with Crippen LogP contribution < -0.4 is 0 Å². The van der Waals surface area contributed by atoms with E-state index in [-0.39, 0.29) is 6.54 Å². The number of nitrogens with one attached hydrogen (secondary N) is 1. The summed E-state index contributed by atoms with van der Waals surface area (Å²) >= 11 is 0. The van der Waals surface area contributed by atoms with E-state index in [1.807, 2.05) is 0 Å². The molecule has 3 heterocycles. The summed E-state index contributed by atoms with van der Waals surface area (Å²) < 4.78 is 19.1. The molecule has 1 N–H and O–H groups in total. The van der Waals surface area contributed by atoms with Crippen molar-refractivity contribution in [3.63, 3.8) is 0 Å². The molecule has 2 aromatic rings. The number of aromatic amines is 1. The summed E-state index contributed by atoms with van der Waals surface area (Å²) in [6, 6.07) is 3.09. The number of pyridine rings is 1. The van der Waals surface area contributed by atoms with Crippen molar-refractivity contribution in [1.82, 2.24) is 14.9 Å². The van der Waals surface area contributed by atoms with E-state index in [2.05, 4.69) is 9.97 Å². The fourth-order valence-electron chi connectivity index (χ4n) is 2.59. The smallest absolute Gasteiger partial charge is 0.417 e. The number of aromatic nitrogens is 2. The number of fused-ring (bicyclic) bond motifs is 1. The number of carbonyl (C=O) groups is 2. The van der Waals surface area contributed by atoms with Crippen LogP contribution in [0.1, 0.15) is 36.8 Å². The normalized spacial score (nSPS) is 14.5. The molecule has 7 heteroatoms. The van der Waals surface area contributed by atoms with Crippen molar-refractivity contribution in [2.75, 3.05) is 6.54 Å². The van der Waals surface area contributed by atoms with Crippen LogP contribution in [-0.2, 0) is 11.2 Å². The van der Waals surface area contributed by atoms with Gasteiger partial charge in [-0.25, -0.2) is 14.1 Å². The molecule has 24 heavy (non-hydrogen) atoms. The van der Waals surface area contributed by atoms with E-state index in [0.29, 0.717) is 28.9 Å². The molecule has 0 unspecified atom stereocenters. The maximum Gasteiger partial charge on any atom is 0.417 e. The fourth-order valence-corrected chi connectivity index (χ4v) is 2.59. The van der Waals surface area contributed by atoms with E-state index >= 15 is 0 Å². The highest BCUT2D eigenvalue weighted by atomic mass is 19.1. The number of H-pyrrole nitrogens is 1. The van der Waals surface area contributed by atoms with Crippen LogP contribution in [0.2, 0.25) is 0 Å². The Labute approximate surface area is 138 Å². The quantitative estimate of drug-likeness (QED) is 0.871. The Morgan fingerprint density at radius 1 is 1.38 bits per heavy atom. The van der Waals surface area contributed by atoms with Gasteiger partial charge in [0.2, 0.25) is 0 Å². The fraction of sp³-hybridized carbons (Fsp3) is 0.353. The molecule has 0 aliphatic carbocycles. The largest absolute Gasteiger partial charge is 0.443 e. The number of nitrogens with zero attached hydrogens (tertiary/aromatic N) is 2. The number of hydrogen-bond acceptors (Lipinski definition) is 4. The topological polar surface area (TPSA) is 75.3 Å². The predicted octanol–water partition coefficient (Wildman–Crippen LogP) is 3.15. The third-order valence-corrected chi connectivity index (χ3v) is 3.64. The van der Waals surface area contributed by atoms with Crippen LogP contribution in [0, 0.1) is 5.82 Å². The molecule has 0 saturated carbocycles. The summed E-state index contributed by atoms with van der Waals surface area (Å²) in [4.78, 5) is 32.6. The first-order valence-corrected chi connectivity index (χ1v) is 7.63. The standard InChI is InChI=1S/C17H18FN3O3/c1-17(2,3)24-16(23)21-7-5-13-11(15(21)22)8-14(20-13)10-4-6-19-9-12(10)18/h4,6,8-9,20H,5,7H2,1-3H3. The van der Waals surface area contributed by atoms with Crippen molar-refractivity contribution in [3.8, 4) is 11.3 Å². The highest BCUT2D eigenvalue weighted by Crippen LogP contribution is 2.28. The summed E-state index contributed by atoms with van der Waals surface area (Å²) in [5.74, 6) is -0.921. The average Bonchev–Trinajstić information content (AvgIpc) is 2.91. The van der Waals surface area contributed by atoms with Gasteiger partial charge in [-0.2, -0.15) is 0 Å². The van der Waals surface area contributed by atoms with E-state index < -0.39 is 23.4 Å². The first kappa shape index (κ1) is 16.2. The Bertz CT molecular complexity index is 808. The lowest BCUT2D eigenvalue weighted by atomic mass is 10.1. The minimum absolute atomic E-state index is 0.222. The first-order chi connectivity index (χ1) is 11.3. The Morgan fingerprint density at radius 3 is 2.79 bits per heavy atom. The second-order valence-electron chi connectivity index (χ2n) is 6.62. The maximum atomic E-state index is 13.9. The molecule has 0 aromatic carbocycles. The van der Waals surface area contributed by atoms with Crippen molar-refractivity contribution < 1.29 is 18.7 Å². The zero-order valence-corrected chi connectivity index (χ0v) is 13.7. The van der Waals surface area contributed by atoms with Crippen molar-refractivity contribution in [2.45, 2.75) is 32.8 Å². The first-order valence-electron chi connectivity index (χ1n) is 7.63. The molecule has 1 aliphatic rings. The van der Waals surface area contributed by atoms with Gasteiger partial charge in [0.15, 0.2) is 5.82 Å². The Balaban J connectivity index is 1.89. The van der Waals surface area contributed by atoms with Crippen LogP contribution in [0.4, 0.5) is 9.18 Å². The molecular formula is C17H18FN3O3. The van der Waals surface area contributed by atoms with Crippen molar-refractivity contribution >= 4 is 12.0 Å². The molecule has 6 nitrogen and oxygen atoms in total. The minimum atomic E-state index is -0.679. The number of carbonyl (C=O) groups excluding carboxylic acids is 2. The molecule has 0 spiro atoms. The third-order valence-electron chi connectivity index (χ3n) is 3.64. The molecule has 1 aliphatic heterocycles. The van der Waals surface area contributed by atoms with Gasteiger partial charge in [-0.1, -0.05) is 0 Å². The lowest BCUT2D eigenvalue weighted by molar-refractivity contribution is 0.0233. The molecular weight excluding hydrogens is 313 g/mol. The highest BCUT2D eigenvalue weighted by molar-refractivity contribution is 6.05. The van der Waals surface area contributed by atoms with Gasteiger partial charge in [-0.3, -0.25) is 9.78 Å². The van der Waals surface area contributed by atoms with Gasteiger partial charge >= 0.3 is 6.09 Å². The van der Waals surface area contributed by atoms with E-state index in [4.69, 9.17) is 4.74 Å². The number of imide groups is 1. The second kappa shape index (κ2) is 5.74. The third kappa shape index (κ3) is 3.02. The maximum absolute atomic E-state index is 13.9. The SMILES string of the molecule is CC(C)(C)OC(=O)N1CCc2[nH]c(-c3ccncc3F)cc2C1=O. The summed E-state index contributed by atoms with van der Waals surface area (Å²) in [6.45, 7) is 5.45. The van der Waals surface area contributed by atoms with Crippen LogP contribution >= 0.6 is 0 Å². The van der Waals surface area contributed by atoms with E-state index in [1.54, 1.807) is 26.8 Å². The summed E-state index contributed by atoms with van der Waals surface area (Å²) in [7, 11) is 0. The molecule has 0 radical (unpaired) electrons. The Morgan fingerprint density at radius 2 is 2.12 bits per heavy atom. The minimum Gasteiger partial charge on any atom is -0.443 e. The lowest BCUT2D eigenvalue weighted by Crippen LogP contribution is -2.44. The van der Waals surface area contributed by atoms with Crippen LogP contribution in [0.15, 0.2) is 24.5 Å². The monoisotopic (exact) mass is 331 g/mol. The van der Waals surface area contributed by atoms with E-state index in [9.17, 15) is 14.0 Å². The van der Waals surface area contributed by atoms with Gasteiger partial charge in [-0.15, -0.1) is 0 Å². The van der Waals surface area contributed by atoms with Crippen molar-refractivity contribution in [2.24, 2.45) is 0 Å². The van der Waals surface area contributed by atoms with Crippen LogP contribution in [-0.4, -0.2) is 39.0 Å². The van der Waals surface area contributed by atoms with Crippen LogP contribution in [0.5, 0.6) is 0 Å². The van der Waals surface area contributed by atoms with E-state index in [1.165, 1.54) is 12.3 Å². The Hall–Kier alpha value is -2.70. The number of halogens is 1. The number of rotatable bonds is 1. The molecule has 3 rings (SSSR count). The highest BCUT2D eigenvalue weighted by Gasteiger charge is 2.33. The van der Waals surface area contributed by atoms with E-state index in [0.717, 1.165) is 11.1 Å². The summed E-state index contributed by atoms with van der Waals surface area (Å²) in [5, 5.41) is 0. The molecule has 0 atom stereocenters. The van der Waals surface area contributed by atoms with Gasteiger partial charge in [0.25, 0.3) is 5.91 Å². The molecule has 0 fully saturated rings. The van der Waals surface area contributed by atoms with Gasteiger partial charge in [0.1, 0.15) is 5.60 Å². The van der Waals surface area contributed by atoms with Gasteiger partial charge < -0.3 is 9.72 Å². The zero-order valence-electron chi connectivity index (χ0n) is 13.7. The van der Waals surface area contributed by atoms with Crippen LogP contribution in [0.25, 0.3) is 11.3 Å². The van der Waals surface area contributed by atoms with Crippen molar-refractivity contribution in [1.29, 1.82) is 0 Å². The molecule has 2 amide bonds. The van der Waals surface area contributed by atoms with Crippen molar-refractivity contribution in [3.05, 3.63) is 41.6 Å². The molecule has 2 aromatic heterocycles. The van der Waals surface area contributed by atoms with Gasteiger partial charge in [-0.05, 0) is 32.9 Å². The van der Waals surface area contributed by atoms with Crippen LogP contribution in [0.3, 0.4) is 0 Å². The summed E-state index contributed by atoms with van der Waals surface area (Å²) in [5.41, 5.74) is 1.18. The lowest BCUT2D eigenvalue weighted by Gasteiger charge is -2.28. The Kier molecular flexibility index (Phi) is 3.87. The molecule has 0 saturated heterocycles. The predicted molar refractivity (Wildman–Crippen MR) is 85.0 cm³/mol. The molecule has 0 bridgehead atoms. The number of amides is 2. The zero-order chi connectivity index (χ0) is 17.5. The number of hydrogen-bond donors (Lipinski definition) is 1. The molecule has 126 valence electrons. The van der Waals surface area contributed by atoms with Gasteiger partial charge in [0.05, 0.1) is 11.8 Å². The van der Waals surface area contributed by atoms with Gasteiger partial charge in [0, 0.05) is 36.1 Å². The average molecular weight is 331 g/mol. The summed E-state index contributed by atoms with van der Waals surface area (Å²) in [6.07, 6.45) is 2.39.